The number of aliphatic hydroxyl groups excluding tert-OH is 1. The number of hydrogen-bond acceptors (Lipinski definition) is 6. The van der Waals surface area contributed by atoms with E-state index in [1.54, 1.807) is 24.3 Å². The van der Waals surface area contributed by atoms with E-state index in [1.165, 1.54) is 28.9 Å². The summed E-state index contributed by atoms with van der Waals surface area (Å²) in [6, 6.07) is 12.6. The fraction of sp³-hybridized carbons (Fsp3) is 0.292. The molecule has 204 valence electrons. The van der Waals surface area contributed by atoms with Gasteiger partial charge in [-0.25, -0.2) is 19.1 Å². The van der Waals surface area contributed by atoms with Gasteiger partial charge in [-0.15, -0.1) is 10.2 Å². The highest BCUT2D eigenvalue weighted by Crippen LogP contribution is 2.25. The number of amides is 1. The molecule has 1 aliphatic rings. The summed E-state index contributed by atoms with van der Waals surface area (Å²) in [6.45, 7) is -1.47. The summed E-state index contributed by atoms with van der Waals surface area (Å²) in [5, 5.41) is 21.7. The van der Waals surface area contributed by atoms with Crippen LogP contribution in [0.1, 0.15) is 29.3 Å². The van der Waals surface area contributed by atoms with E-state index < -0.39 is 30.4 Å². The summed E-state index contributed by atoms with van der Waals surface area (Å²) >= 11 is 12.2. The quantitative estimate of drug-likeness (QED) is 0.329. The fourth-order valence-corrected chi connectivity index (χ4v) is 4.11. The first-order valence-electron chi connectivity index (χ1n) is 11.7. The molecule has 2 heterocycles. The molecule has 1 saturated carbocycles. The van der Waals surface area contributed by atoms with Crippen molar-refractivity contribution in [1.29, 1.82) is 0 Å². The molecule has 0 aliphatic heterocycles. The van der Waals surface area contributed by atoms with E-state index in [1.807, 2.05) is 0 Å². The number of aliphatic hydroxyl groups is 1. The second-order valence-electron chi connectivity index (χ2n) is 8.90. The van der Waals surface area contributed by atoms with Gasteiger partial charge in [-0.05, 0) is 49.2 Å². The van der Waals surface area contributed by atoms with Crippen LogP contribution in [0.15, 0.2) is 53.3 Å². The predicted molar refractivity (Wildman–Crippen MR) is 135 cm³/mol. The standard InChI is InChI=1S/C24H20Cl2F3N7O3/c25-14-7-5-13(6-8-14)20-33-35(23(39)34(20)11-18(37)24(27,28)29)12-19-31-21(22(38)30-15-9-10-15)36(32-19)17-4-2-1-3-16(17)26/h1-8,15,18,37H,9-12H2,(H,30,38)/t18-/m0/s1. The number of hydrogen-bond donors (Lipinski definition) is 2. The van der Waals surface area contributed by atoms with E-state index in [2.05, 4.69) is 20.5 Å². The minimum Gasteiger partial charge on any atom is -0.382 e. The minimum absolute atomic E-state index is 0.0124. The summed E-state index contributed by atoms with van der Waals surface area (Å²) in [5.74, 6) is -0.717. The summed E-state index contributed by atoms with van der Waals surface area (Å²) in [7, 11) is 0. The van der Waals surface area contributed by atoms with Gasteiger partial charge in [0.05, 0.1) is 17.3 Å². The molecule has 0 bridgehead atoms. The molecule has 1 aliphatic carbocycles. The van der Waals surface area contributed by atoms with Gasteiger partial charge in [-0.2, -0.15) is 13.2 Å². The zero-order valence-corrected chi connectivity index (χ0v) is 21.5. The zero-order chi connectivity index (χ0) is 27.9. The summed E-state index contributed by atoms with van der Waals surface area (Å²) in [5.41, 5.74) is -0.281. The van der Waals surface area contributed by atoms with Gasteiger partial charge in [0, 0.05) is 16.6 Å². The molecule has 0 saturated heterocycles. The Bertz CT molecular complexity index is 1580. The van der Waals surface area contributed by atoms with Gasteiger partial charge in [0.2, 0.25) is 5.82 Å². The van der Waals surface area contributed by atoms with Crippen molar-refractivity contribution >= 4 is 29.1 Å². The Morgan fingerprint density at radius 1 is 1.10 bits per heavy atom. The van der Waals surface area contributed by atoms with Crippen LogP contribution in [0.4, 0.5) is 13.2 Å². The molecule has 2 aromatic carbocycles. The van der Waals surface area contributed by atoms with Crippen molar-refractivity contribution in [2.45, 2.75) is 44.3 Å². The largest absolute Gasteiger partial charge is 0.416 e. The van der Waals surface area contributed by atoms with E-state index >= 15 is 0 Å². The molecule has 0 spiro atoms. The van der Waals surface area contributed by atoms with Gasteiger partial charge in [0.25, 0.3) is 5.91 Å². The molecule has 0 unspecified atom stereocenters. The Balaban J connectivity index is 1.55. The average molecular weight is 582 g/mol. The van der Waals surface area contributed by atoms with Crippen LogP contribution in [0.2, 0.25) is 10.0 Å². The third kappa shape index (κ3) is 5.84. The number of rotatable bonds is 8. The lowest BCUT2D eigenvalue weighted by Crippen LogP contribution is -2.37. The second kappa shape index (κ2) is 10.5. The maximum atomic E-state index is 13.2. The van der Waals surface area contributed by atoms with Crippen molar-refractivity contribution in [3.05, 3.63) is 80.7 Å². The molecular formula is C24H20Cl2F3N7O3. The highest BCUT2D eigenvalue weighted by atomic mass is 35.5. The van der Waals surface area contributed by atoms with E-state index in [9.17, 15) is 27.9 Å². The summed E-state index contributed by atoms with van der Waals surface area (Å²) in [6.07, 6.45) is -6.10. The monoisotopic (exact) mass is 581 g/mol. The molecule has 10 nitrogen and oxygen atoms in total. The summed E-state index contributed by atoms with van der Waals surface area (Å²) < 4.78 is 42.2. The number of carbonyl (C=O) groups excluding carboxylic acids is 1. The number of benzene rings is 2. The van der Waals surface area contributed by atoms with Crippen LogP contribution in [0.5, 0.6) is 0 Å². The number of aromatic nitrogens is 6. The van der Waals surface area contributed by atoms with Gasteiger partial charge in [-0.1, -0.05) is 35.3 Å². The SMILES string of the molecule is O=C(NC1CC1)c1nc(Cn2nc(-c3ccc(Cl)cc3)n(C[C@H](O)C(F)(F)F)c2=O)nn1-c1ccccc1Cl. The van der Waals surface area contributed by atoms with E-state index in [0.29, 0.717) is 25.9 Å². The maximum absolute atomic E-state index is 13.2. The van der Waals surface area contributed by atoms with Crippen LogP contribution >= 0.6 is 23.2 Å². The van der Waals surface area contributed by atoms with Crippen LogP contribution in [0, 0.1) is 0 Å². The predicted octanol–water partition coefficient (Wildman–Crippen LogP) is 3.46. The van der Waals surface area contributed by atoms with Gasteiger partial charge >= 0.3 is 11.9 Å². The number of halogens is 5. The second-order valence-corrected chi connectivity index (χ2v) is 9.74. The molecule has 1 amide bonds. The van der Waals surface area contributed by atoms with E-state index in [4.69, 9.17) is 23.2 Å². The first-order valence-corrected chi connectivity index (χ1v) is 12.5. The van der Waals surface area contributed by atoms with Gasteiger partial charge < -0.3 is 10.4 Å². The smallest absolute Gasteiger partial charge is 0.382 e. The van der Waals surface area contributed by atoms with E-state index in [-0.39, 0.29) is 30.1 Å². The summed E-state index contributed by atoms with van der Waals surface area (Å²) in [4.78, 5) is 30.4. The maximum Gasteiger partial charge on any atom is 0.416 e. The third-order valence-electron chi connectivity index (χ3n) is 5.90. The Morgan fingerprint density at radius 3 is 2.44 bits per heavy atom. The number of carbonyl (C=O) groups is 1. The van der Waals surface area contributed by atoms with E-state index in [0.717, 1.165) is 17.5 Å². The normalized spacial score (nSPS) is 14.4. The average Bonchev–Trinajstić information content (AvgIpc) is 3.52. The van der Waals surface area contributed by atoms with Crippen molar-refractivity contribution in [2.24, 2.45) is 0 Å². The first kappa shape index (κ1) is 26.9. The Labute approximate surface area is 228 Å². The fourth-order valence-electron chi connectivity index (χ4n) is 3.77. The first-order chi connectivity index (χ1) is 18.5. The molecule has 2 N–H and O–H groups in total. The number of nitrogens with one attached hydrogen (secondary N) is 1. The van der Waals surface area contributed by atoms with Gasteiger partial charge in [0.15, 0.2) is 17.8 Å². The van der Waals surface area contributed by atoms with Gasteiger partial charge in [0.1, 0.15) is 6.54 Å². The van der Waals surface area contributed by atoms with Crippen LogP contribution in [0.3, 0.4) is 0 Å². The van der Waals surface area contributed by atoms with Crippen LogP contribution < -0.4 is 11.0 Å². The van der Waals surface area contributed by atoms with Crippen molar-refractivity contribution in [1.82, 2.24) is 34.4 Å². The highest BCUT2D eigenvalue weighted by molar-refractivity contribution is 6.32. The molecule has 0 radical (unpaired) electrons. The molecule has 2 aromatic heterocycles. The number of para-hydroxylation sites is 1. The topological polar surface area (TPSA) is 120 Å². The van der Waals surface area contributed by atoms with Crippen molar-refractivity contribution in [3.8, 4) is 17.1 Å². The molecule has 39 heavy (non-hydrogen) atoms. The highest BCUT2D eigenvalue weighted by Gasteiger charge is 2.39. The molecule has 15 heteroatoms. The van der Waals surface area contributed by atoms with Crippen molar-refractivity contribution < 1.29 is 23.1 Å². The molecule has 5 rings (SSSR count). The zero-order valence-electron chi connectivity index (χ0n) is 19.9. The third-order valence-corrected chi connectivity index (χ3v) is 6.47. The molecule has 1 atom stereocenters. The van der Waals surface area contributed by atoms with Crippen LogP contribution in [-0.2, 0) is 13.1 Å². The molecular weight excluding hydrogens is 562 g/mol. The lowest BCUT2D eigenvalue weighted by atomic mass is 10.2. The van der Waals surface area contributed by atoms with Crippen molar-refractivity contribution in [3.63, 3.8) is 0 Å². The Morgan fingerprint density at radius 2 is 1.79 bits per heavy atom. The molecule has 1 fully saturated rings. The Kier molecular flexibility index (Phi) is 7.23. The van der Waals surface area contributed by atoms with Crippen LogP contribution in [0.25, 0.3) is 17.1 Å². The number of nitrogens with zero attached hydrogens (tertiary/aromatic N) is 6. The Hall–Kier alpha value is -3.68. The number of alkyl halides is 3. The van der Waals surface area contributed by atoms with Crippen LogP contribution in [-0.4, -0.2) is 58.4 Å². The lowest BCUT2D eigenvalue weighted by molar-refractivity contribution is -0.207. The minimum atomic E-state index is -4.96. The molecule has 4 aromatic rings. The van der Waals surface area contributed by atoms with Gasteiger partial charge in [-0.3, -0.25) is 9.36 Å². The lowest BCUT2D eigenvalue weighted by Gasteiger charge is -2.15. The van der Waals surface area contributed by atoms with Crippen molar-refractivity contribution in [2.75, 3.05) is 0 Å².